The van der Waals surface area contributed by atoms with Gasteiger partial charge in [-0.3, -0.25) is 0 Å². The largest absolute Gasteiger partial charge is 0.491 e. The standard InChI is InChI=1S/C40H55NO4/c1-23(2)29(28-12-10-11-27(19-28)22-41)13-14-30(37(43)44)35-32-20-33(42)36-38(7)17-15-25(5)26(6)31(38)16-18-39(36,8)40(32,9)21-34(35)45-24(3)4/h10-12,19,25-26,31-34,36,42H,3,13-18,20-21H2,1-2,4-9H3,(H,43,44)/b35-30+/t25-,26+,31+,32+,33-,34?,36+,38+,39+,40+/m1/s1. The van der Waals surface area contributed by atoms with E-state index >= 15 is 0 Å². The highest BCUT2D eigenvalue weighted by molar-refractivity contribution is 5.88. The van der Waals surface area contributed by atoms with Gasteiger partial charge in [-0.15, -0.1) is 0 Å². The number of aliphatic hydroxyl groups excluding tert-OH is 1. The molecule has 0 saturated heterocycles. The smallest absolute Gasteiger partial charge is 0.331 e. The predicted octanol–water partition coefficient (Wildman–Crippen LogP) is 9.33. The molecule has 4 fully saturated rings. The molecule has 0 radical (unpaired) electrons. The second-order valence-electron chi connectivity index (χ2n) is 16.1. The van der Waals surface area contributed by atoms with Crippen LogP contribution in [0.1, 0.15) is 118 Å². The van der Waals surface area contributed by atoms with Crippen molar-refractivity contribution in [3.8, 4) is 6.07 Å². The van der Waals surface area contributed by atoms with Crippen molar-refractivity contribution in [2.75, 3.05) is 0 Å². The van der Waals surface area contributed by atoms with Gasteiger partial charge in [0.15, 0.2) is 0 Å². The number of nitriles is 1. The minimum Gasteiger partial charge on any atom is -0.491 e. The third-order valence-electron chi connectivity index (χ3n) is 13.7. The van der Waals surface area contributed by atoms with Crippen LogP contribution in [0.3, 0.4) is 0 Å². The van der Waals surface area contributed by atoms with Gasteiger partial charge in [0.25, 0.3) is 0 Å². The zero-order valence-electron chi connectivity index (χ0n) is 28.9. The third-order valence-corrected chi connectivity index (χ3v) is 13.7. The van der Waals surface area contributed by atoms with Crippen molar-refractivity contribution in [1.82, 2.24) is 0 Å². The Balaban J connectivity index is 1.58. The van der Waals surface area contributed by atoms with Gasteiger partial charge in [0.2, 0.25) is 0 Å². The maximum absolute atomic E-state index is 13.2. The molecule has 45 heavy (non-hydrogen) atoms. The van der Waals surface area contributed by atoms with Crippen LogP contribution >= 0.6 is 0 Å². The van der Waals surface area contributed by atoms with Crippen LogP contribution < -0.4 is 0 Å². The van der Waals surface area contributed by atoms with Gasteiger partial charge in [0.05, 0.1) is 23.5 Å². The summed E-state index contributed by atoms with van der Waals surface area (Å²) in [5.41, 5.74) is 4.70. The fraction of sp³-hybridized carbons (Fsp3) is 0.650. The molecular formula is C40H55NO4. The zero-order valence-corrected chi connectivity index (χ0v) is 28.9. The molecule has 4 saturated carbocycles. The number of aliphatic carboxylic acids is 1. The number of hydrogen-bond acceptors (Lipinski definition) is 4. The highest BCUT2D eigenvalue weighted by Crippen LogP contribution is 2.74. The second-order valence-corrected chi connectivity index (χ2v) is 16.1. The first kappa shape index (κ1) is 33.5. The quantitative estimate of drug-likeness (QED) is 0.236. The molecule has 4 aliphatic carbocycles. The van der Waals surface area contributed by atoms with Crippen LogP contribution in [0.4, 0.5) is 0 Å². The summed E-state index contributed by atoms with van der Waals surface area (Å²) in [4.78, 5) is 13.2. The first-order valence-electron chi connectivity index (χ1n) is 17.2. The van der Waals surface area contributed by atoms with Crippen LogP contribution in [0, 0.1) is 57.2 Å². The highest BCUT2D eigenvalue weighted by Gasteiger charge is 2.70. The Morgan fingerprint density at radius 2 is 1.80 bits per heavy atom. The summed E-state index contributed by atoms with van der Waals surface area (Å²) >= 11 is 0. The molecule has 4 aliphatic rings. The molecule has 0 bridgehead atoms. The SMILES string of the molecule is C=C(C)OC1C[C@@]2(C)[C@@H](C[C@@H](O)[C@H]3[C@@]4(C)CC[C@@H](C)[C@H](C)[C@@H]4CC[C@@]32C)/C1=C(/CCC(=C(C)C)c1cccc(C#N)c1)C(=O)O. The molecule has 5 nitrogen and oxygen atoms in total. The summed E-state index contributed by atoms with van der Waals surface area (Å²) in [7, 11) is 0. The van der Waals surface area contributed by atoms with E-state index in [4.69, 9.17) is 4.74 Å². The fourth-order valence-electron chi connectivity index (χ4n) is 11.2. The lowest BCUT2D eigenvalue weighted by atomic mass is 9.36. The Morgan fingerprint density at radius 3 is 2.42 bits per heavy atom. The molecule has 0 amide bonds. The van der Waals surface area contributed by atoms with Gasteiger partial charge < -0.3 is 14.9 Å². The number of rotatable bonds is 7. The van der Waals surface area contributed by atoms with E-state index in [0.29, 0.717) is 53.9 Å². The molecule has 0 aliphatic heterocycles. The van der Waals surface area contributed by atoms with Crippen LogP contribution in [0.2, 0.25) is 0 Å². The molecule has 10 atom stereocenters. The van der Waals surface area contributed by atoms with Gasteiger partial charge in [-0.25, -0.2) is 4.79 Å². The van der Waals surface area contributed by atoms with E-state index in [1.807, 2.05) is 39.0 Å². The molecular weight excluding hydrogens is 558 g/mol. The van der Waals surface area contributed by atoms with Crippen molar-refractivity contribution in [3.05, 3.63) is 64.4 Å². The predicted molar refractivity (Wildman–Crippen MR) is 180 cm³/mol. The number of carboxylic acids is 1. The Bertz CT molecular complexity index is 1460. The zero-order chi connectivity index (χ0) is 33.1. The van der Waals surface area contributed by atoms with Crippen molar-refractivity contribution in [2.24, 2.45) is 45.8 Å². The van der Waals surface area contributed by atoms with E-state index in [0.717, 1.165) is 48.0 Å². The summed E-state index contributed by atoms with van der Waals surface area (Å²) in [5, 5.41) is 32.5. The Hall–Kier alpha value is -2.84. The van der Waals surface area contributed by atoms with Crippen LogP contribution in [0.25, 0.3) is 5.57 Å². The van der Waals surface area contributed by atoms with Gasteiger partial charge in [-0.2, -0.15) is 5.26 Å². The Morgan fingerprint density at radius 1 is 1.09 bits per heavy atom. The van der Waals surface area contributed by atoms with Gasteiger partial charge >= 0.3 is 5.97 Å². The minimum absolute atomic E-state index is 0.0649. The van der Waals surface area contributed by atoms with Crippen LogP contribution in [-0.4, -0.2) is 28.4 Å². The number of hydrogen-bond donors (Lipinski definition) is 2. The number of fused-ring (bicyclic) bond motifs is 5. The van der Waals surface area contributed by atoms with Crippen LogP contribution in [0.5, 0.6) is 0 Å². The number of allylic oxidation sites excluding steroid dienone is 3. The number of carboxylic acid groups (broad SMARTS) is 1. The van der Waals surface area contributed by atoms with E-state index in [9.17, 15) is 20.3 Å². The van der Waals surface area contributed by atoms with Crippen molar-refractivity contribution in [1.29, 1.82) is 5.26 Å². The van der Waals surface area contributed by atoms with E-state index in [2.05, 4.69) is 47.3 Å². The summed E-state index contributed by atoms with van der Waals surface area (Å²) in [5.74, 6) is 1.72. The summed E-state index contributed by atoms with van der Waals surface area (Å²) < 4.78 is 6.46. The first-order valence-corrected chi connectivity index (χ1v) is 17.2. The maximum Gasteiger partial charge on any atom is 0.331 e. The molecule has 2 N–H and O–H groups in total. The summed E-state index contributed by atoms with van der Waals surface area (Å²) in [6, 6.07) is 9.79. The highest BCUT2D eigenvalue weighted by atomic mass is 16.5. The van der Waals surface area contributed by atoms with Gasteiger partial charge in [-0.05, 0) is 147 Å². The lowest BCUT2D eigenvalue weighted by Gasteiger charge is -2.69. The normalized spacial score (nSPS) is 39.9. The topological polar surface area (TPSA) is 90.5 Å². The molecule has 5 rings (SSSR count). The van der Waals surface area contributed by atoms with E-state index < -0.39 is 12.1 Å². The van der Waals surface area contributed by atoms with E-state index in [1.165, 1.54) is 6.42 Å². The average molecular weight is 614 g/mol. The fourth-order valence-corrected chi connectivity index (χ4v) is 11.2. The number of benzene rings is 1. The lowest BCUT2D eigenvalue weighted by molar-refractivity contribution is -0.229. The monoisotopic (exact) mass is 613 g/mol. The number of carbonyl (C=O) groups is 1. The number of nitrogens with zero attached hydrogens (tertiary/aromatic N) is 1. The average Bonchev–Trinajstić information content (AvgIpc) is 3.24. The second kappa shape index (κ2) is 12.1. The van der Waals surface area contributed by atoms with Crippen LogP contribution in [-0.2, 0) is 9.53 Å². The molecule has 1 aromatic rings. The van der Waals surface area contributed by atoms with Crippen molar-refractivity contribution in [3.63, 3.8) is 0 Å². The van der Waals surface area contributed by atoms with Crippen molar-refractivity contribution >= 4 is 11.5 Å². The van der Waals surface area contributed by atoms with Gasteiger partial charge in [0.1, 0.15) is 6.10 Å². The molecule has 1 aromatic carbocycles. The Kier molecular flexibility index (Phi) is 8.99. The summed E-state index contributed by atoms with van der Waals surface area (Å²) in [6.07, 6.45) is 5.91. The molecule has 1 unspecified atom stereocenters. The molecule has 0 heterocycles. The number of ether oxygens (including phenoxy) is 1. The van der Waals surface area contributed by atoms with Crippen molar-refractivity contribution in [2.45, 2.75) is 119 Å². The van der Waals surface area contributed by atoms with Gasteiger partial charge in [-0.1, -0.05) is 58.9 Å². The Labute approximate surface area is 271 Å². The molecule has 0 spiro atoms. The van der Waals surface area contributed by atoms with Crippen molar-refractivity contribution < 1.29 is 19.7 Å². The minimum atomic E-state index is -0.907. The van der Waals surface area contributed by atoms with Gasteiger partial charge in [0, 0.05) is 5.57 Å². The molecule has 5 heteroatoms. The van der Waals surface area contributed by atoms with E-state index in [-0.39, 0.29) is 34.2 Å². The number of aliphatic hydroxyl groups is 1. The first-order chi connectivity index (χ1) is 21.1. The third kappa shape index (κ3) is 5.40. The maximum atomic E-state index is 13.2. The molecule has 0 aromatic heterocycles. The van der Waals surface area contributed by atoms with E-state index in [1.54, 1.807) is 6.07 Å². The van der Waals surface area contributed by atoms with Crippen LogP contribution in [0.15, 0.2) is 53.3 Å². The molecule has 244 valence electrons. The lowest BCUT2D eigenvalue weighted by Crippen LogP contribution is -2.65. The summed E-state index contributed by atoms with van der Waals surface area (Å²) in [6.45, 7) is 22.1.